The number of urea groups is 1. The average Bonchev–Trinajstić information content (AvgIpc) is 2.66. The molecule has 15 heavy (non-hydrogen) atoms. The number of rotatable bonds is 1. The molecule has 0 unspecified atom stereocenters. The van der Waals surface area contributed by atoms with Crippen LogP contribution in [0.25, 0.3) is 0 Å². The fraction of sp³-hybridized carbons (Fsp3) is 0.200. The highest BCUT2D eigenvalue weighted by atomic mass is 16.2. The largest absolute Gasteiger partial charge is 0.369 e. The Kier molecular flexibility index (Phi) is 2.53. The zero-order chi connectivity index (χ0) is 10.7. The molecule has 0 atom stereocenters. The average molecular weight is 204 g/mol. The normalized spacial score (nSPS) is 14.9. The van der Waals surface area contributed by atoms with Crippen molar-refractivity contribution in [3.8, 4) is 0 Å². The van der Waals surface area contributed by atoms with E-state index in [-0.39, 0.29) is 12.0 Å². The molecular formula is C10H12N4O. The molecule has 5 heteroatoms. The van der Waals surface area contributed by atoms with E-state index in [9.17, 15) is 4.79 Å². The van der Waals surface area contributed by atoms with Crippen molar-refractivity contribution in [2.45, 2.75) is 0 Å². The van der Waals surface area contributed by atoms with Crippen molar-refractivity contribution in [3.05, 3.63) is 30.3 Å². The minimum absolute atomic E-state index is 0.236. The second kappa shape index (κ2) is 4.00. The molecule has 0 aliphatic carbocycles. The zero-order valence-corrected chi connectivity index (χ0v) is 8.18. The summed E-state index contributed by atoms with van der Waals surface area (Å²) in [6.45, 7) is 1.12. The number of aliphatic imine (C=N–C) groups is 1. The fourth-order valence-electron chi connectivity index (χ4n) is 1.38. The number of amides is 2. The van der Waals surface area contributed by atoms with E-state index >= 15 is 0 Å². The third-order valence-corrected chi connectivity index (χ3v) is 2.14. The molecule has 5 nitrogen and oxygen atoms in total. The Balaban J connectivity index is 2.02. The predicted octanol–water partition coefficient (Wildman–Crippen LogP) is 0.849. The molecule has 0 spiro atoms. The Labute approximate surface area is 87.6 Å². The minimum atomic E-state index is -0.236. The van der Waals surface area contributed by atoms with Gasteiger partial charge in [-0.25, -0.2) is 4.79 Å². The van der Waals surface area contributed by atoms with Gasteiger partial charge in [0, 0.05) is 5.69 Å². The monoisotopic (exact) mass is 204 g/mol. The maximum Gasteiger partial charge on any atom is 0.328 e. The molecule has 3 N–H and O–H groups in total. The summed E-state index contributed by atoms with van der Waals surface area (Å²) in [5.74, 6) is 0.281. The van der Waals surface area contributed by atoms with Crippen molar-refractivity contribution in [1.29, 1.82) is 0 Å². The zero-order valence-electron chi connectivity index (χ0n) is 8.18. The van der Waals surface area contributed by atoms with Crippen LogP contribution < -0.4 is 11.1 Å². The van der Waals surface area contributed by atoms with E-state index in [1.165, 1.54) is 4.90 Å². The van der Waals surface area contributed by atoms with E-state index in [2.05, 4.69) is 10.3 Å². The summed E-state index contributed by atoms with van der Waals surface area (Å²) >= 11 is 0. The number of para-hydroxylation sites is 1. The first-order chi connectivity index (χ1) is 7.27. The van der Waals surface area contributed by atoms with Gasteiger partial charge in [0.1, 0.15) is 0 Å². The number of hydrogen-bond donors (Lipinski definition) is 2. The van der Waals surface area contributed by atoms with Crippen molar-refractivity contribution >= 4 is 17.7 Å². The van der Waals surface area contributed by atoms with E-state index in [0.717, 1.165) is 5.69 Å². The van der Waals surface area contributed by atoms with E-state index in [1.54, 1.807) is 0 Å². The standard InChI is InChI=1S/C10H12N4O/c11-9-12-6-7-14(9)10(15)13-8-4-2-1-3-5-8/h1-5H,6-7H2,(H2,11,12)(H,13,15). The maximum atomic E-state index is 11.7. The lowest BCUT2D eigenvalue weighted by atomic mass is 10.3. The summed E-state index contributed by atoms with van der Waals surface area (Å²) in [6.07, 6.45) is 0. The highest BCUT2D eigenvalue weighted by Gasteiger charge is 2.20. The molecule has 0 radical (unpaired) electrons. The highest BCUT2D eigenvalue weighted by molar-refractivity contribution is 6.02. The van der Waals surface area contributed by atoms with Gasteiger partial charge in [0.15, 0.2) is 5.96 Å². The van der Waals surface area contributed by atoms with Crippen LogP contribution in [0.4, 0.5) is 10.5 Å². The van der Waals surface area contributed by atoms with Crippen molar-refractivity contribution in [2.24, 2.45) is 10.7 Å². The number of nitrogens with one attached hydrogen (secondary N) is 1. The molecule has 0 saturated heterocycles. The molecule has 1 heterocycles. The van der Waals surface area contributed by atoms with Gasteiger partial charge in [-0.05, 0) is 12.1 Å². The van der Waals surface area contributed by atoms with Gasteiger partial charge in [-0.15, -0.1) is 0 Å². The number of nitrogens with zero attached hydrogens (tertiary/aromatic N) is 2. The quantitative estimate of drug-likeness (QED) is 0.711. The summed E-state index contributed by atoms with van der Waals surface area (Å²) in [5.41, 5.74) is 6.30. The molecule has 1 aliphatic rings. The van der Waals surface area contributed by atoms with Crippen LogP contribution in [0, 0.1) is 0 Å². The van der Waals surface area contributed by atoms with Gasteiger partial charge in [-0.1, -0.05) is 18.2 Å². The van der Waals surface area contributed by atoms with Gasteiger partial charge in [-0.3, -0.25) is 9.89 Å². The summed E-state index contributed by atoms with van der Waals surface area (Å²) in [4.78, 5) is 17.0. The first-order valence-corrected chi connectivity index (χ1v) is 4.71. The van der Waals surface area contributed by atoms with Crippen LogP contribution in [0.1, 0.15) is 0 Å². The van der Waals surface area contributed by atoms with Crippen LogP contribution in [-0.4, -0.2) is 30.0 Å². The summed E-state index contributed by atoms with van der Waals surface area (Å²) in [5, 5.41) is 2.74. The van der Waals surface area contributed by atoms with E-state index in [0.29, 0.717) is 13.1 Å². The van der Waals surface area contributed by atoms with Crippen LogP contribution >= 0.6 is 0 Å². The topological polar surface area (TPSA) is 70.7 Å². The smallest absolute Gasteiger partial charge is 0.328 e. The third kappa shape index (κ3) is 2.07. The summed E-state index contributed by atoms with van der Waals surface area (Å²) < 4.78 is 0. The Morgan fingerprint density at radius 2 is 2.13 bits per heavy atom. The number of carbonyl (C=O) groups is 1. The number of hydrogen-bond acceptors (Lipinski definition) is 3. The van der Waals surface area contributed by atoms with Gasteiger partial charge in [0.25, 0.3) is 0 Å². The molecule has 0 aromatic heterocycles. The number of anilines is 1. The molecule has 2 rings (SSSR count). The van der Waals surface area contributed by atoms with E-state index in [1.807, 2.05) is 30.3 Å². The number of nitrogens with two attached hydrogens (primary N) is 1. The first kappa shape index (κ1) is 9.51. The Morgan fingerprint density at radius 1 is 1.40 bits per heavy atom. The number of carbonyl (C=O) groups excluding carboxylic acids is 1. The summed E-state index contributed by atoms with van der Waals surface area (Å²) in [6, 6.07) is 9.01. The Morgan fingerprint density at radius 3 is 2.73 bits per heavy atom. The predicted molar refractivity (Wildman–Crippen MR) is 58.7 cm³/mol. The van der Waals surface area contributed by atoms with Crippen LogP contribution in [0.5, 0.6) is 0 Å². The maximum absolute atomic E-state index is 11.7. The van der Waals surface area contributed by atoms with Crippen LogP contribution in [-0.2, 0) is 0 Å². The van der Waals surface area contributed by atoms with Crippen molar-refractivity contribution < 1.29 is 4.79 Å². The minimum Gasteiger partial charge on any atom is -0.369 e. The lowest BCUT2D eigenvalue weighted by Crippen LogP contribution is -2.41. The lowest BCUT2D eigenvalue weighted by Gasteiger charge is -2.15. The molecule has 78 valence electrons. The molecular weight excluding hydrogens is 192 g/mol. The van der Waals surface area contributed by atoms with Crippen LogP contribution in [0.3, 0.4) is 0 Å². The van der Waals surface area contributed by atoms with Crippen molar-refractivity contribution in [3.63, 3.8) is 0 Å². The fourth-order valence-corrected chi connectivity index (χ4v) is 1.38. The van der Waals surface area contributed by atoms with Crippen LogP contribution in [0.2, 0.25) is 0 Å². The van der Waals surface area contributed by atoms with Gasteiger partial charge in [0.2, 0.25) is 0 Å². The molecule has 0 fully saturated rings. The lowest BCUT2D eigenvalue weighted by molar-refractivity contribution is 0.236. The van der Waals surface area contributed by atoms with Gasteiger partial charge in [-0.2, -0.15) is 0 Å². The first-order valence-electron chi connectivity index (χ1n) is 4.71. The Bertz CT molecular complexity index is 388. The second-order valence-corrected chi connectivity index (χ2v) is 3.19. The Hall–Kier alpha value is -2.04. The molecule has 2 amide bonds. The van der Waals surface area contributed by atoms with Crippen molar-refractivity contribution in [1.82, 2.24) is 4.90 Å². The van der Waals surface area contributed by atoms with Gasteiger partial charge >= 0.3 is 6.03 Å². The van der Waals surface area contributed by atoms with Crippen molar-refractivity contribution in [2.75, 3.05) is 18.4 Å². The van der Waals surface area contributed by atoms with E-state index in [4.69, 9.17) is 5.73 Å². The molecule has 1 aliphatic heterocycles. The van der Waals surface area contributed by atoms with Crippen LogP contribution in [0.15, 0.2) is 35.3 Å². The highest BCUT2D eigenvalue weighted by Crippen LogP contribution is 2.07. The van der Waals surface area contributed by atoms with Gasteiger partial charge in [0.05, 0.1) is 13.1 Å². The molecule has 0 saturated carbocycles. The number of guanidine groups is 1. The van der Waals surface area contributed by atoms with Gasteiger partial charge < -0.3 is 11.1 Å². The number of benzene rings is 1. The molecule has 1 aromatic rings. The molecule has 0 bridgehead atoms. The molecule has 1 aromatic carbocycles. The summed E-state index contributed by atoms with van der Waals surface area (Å²) in [7, 11) is 0. The van der Waals surface area contributed by atoms with E-state index < -0.39 is 0 Å². The SMILES string of the molecule is NC1=NCCN1C(=O)Nc1ccccc1. The second-order valence-electron chi connectivity index (χ2n) is 3.19. The third-order valence-electron chi connectivity index (χ3n) is 2.14.